The SMILES string of the molecule is Cc1nc(COc2ccccc2)sc1C(=O)Nc1ccc(Cl)cc1. The van der Waals surface area contributed by atoms with Gasteiger partial charge in [-0.1, -0.05) is 29.8 Å². The second-order valence-electron chi connectivity index (χ2n) is 5.08. The Morgan fingerprint density at radius 1 is 1.17 bits per heavy atom. The van der Waals surface area contributed by atoms with Gasteiger partial charge in [-0.3, -0.25) is 4.79 Å². The highest BCUT2D eigenvalue weighted by atomic mass is 35.5. The molecule has 0 atom stereocenters. The average molecular weight is 359 g/mol. The number of thiazole rings is 1. The maximum absolute atomic E-state index is 12.4. The number of carbonyl (C=O) groups is 1. The third-order valence-electron chi connectivity index (χ3n) is 3.25. The van der Waals surface area contributed by atoms with Gasteiger partial charge in [0, 0.05) is 10.7 Å². The molecule has 122 valence electrons. The van der Waals surface area contributed by atoms with Crippen molar-refractivity contribution in [2.75, 3.05) is 5.32 Å². The highest BCUT2D eigenvalue weighted by Crippen LogP contribution is 2.22. The summed E-state index contributed by atoms with van der Waals surface area (Å²) in [5.74, 6) is 0.593. The lowest BCUT2D eigenvalue weighted by Gasteiger charge is -2.04. The molecular formula is C18H15ClN2O2S. The summed E-state index contributed by atoms with van der Waals surface area (Å²) in [7, 11) is 0. The second-order valence-corrected chi connectivity index (χ2v) is 6.60. The van der Waals surface area contributed by atoms with Crippen molar-refractivity contribution in [2.45, 2.75) is 13.5 Å². The number of rotatable bonds is 5. The van der Waals surface area contributed by atoms with E-state index in [1.54, 1.807) is 24.3 Å². The van der Waals surface area contributed by atoms with Gasteiger partial charge in [-0.05, 0) is 43.3 Å². The van der Waals surface area contributed by atoms with Crippen LogP contribution in [0.2, 0.25) is 5.02 Å². The van der Waals surface area contributed by atoms with Gasteiger partial charge in [0.15, 0.2) is 0 Å². The van der Waals surface area contributed by atoms with Crippen LogP contribution in [0.5, 0.6) is 5.75 Å². The first kappa shape index (κ1) is 16.5. The van der Waals surface area contributed by atoms with E-state index in [0.29, 0.717) is 27.9 Å². The van der Waals surface area contributed by atoms with Gasteiger partial charge >= 0.3 is 0 Å². The monoisotopic (exact) mass is 358 g/mol. The molecule has 0 radical (unpaired) electrons. The maximum Gasteiger partial charge on any atom is 0.267 e. The number of hydrogen-bond acceptors (Lipinski definition) is 4. The number of anilines is 1. The fourth-order valence-electron chi connectivity index (χ4n) is 2.11. The molecule has 0 aliphatic heterocycles. The molecule has 0 saturated carbocycles. The van der Waals surface area contributed by atoms with Gasteiger partial charge in [0.1, 0.15) is 22.2 Å². The van der Waals surface area contributed by atoms with Crippen molar-refractivity contribution >= 4 is 34.5 Å². The zero-order valence-corrected chi connectivity index (χ0v) is 14.5. The largest absolute Gasteiger partial charge is 0.486 e. The number of aromatic nitrogens is 1. The number of amides is 1. The number of aryl methyl sites for hydroxylation is 1. The molecule has 0 aliphatic rings. The van der Waals surface area contributed by atoms with E-state index in [2.05, 4.69) is 10.3 Å². The molecule has 0 unspecified atom stereocenters. The summed E-state index contributed by atoms with van der Waals surface area (Å²) in [4.78, 5) is 17.4. The number of benzene rings is 2. The van der Waals surface area contributed by atoms with Crippen LogP contribution in [0, 0.1) is 6.92 Å². The Labute approximate surface area is 149 Å². The molecule has 4 nitrogen and oxygen atoms in total. The number of para-hydroxylation sites is 1. The molecule has 0 aliphatic carbocycles. The lowest BCUT2D eigenvalue weighted by molar-refractivity contribution is 0.103. The second kappa shape index (κ2) is 7.47. The van der Waals surface area contributed by atoms with Crippen molar-refractivity contribution in [2.24, 2.45) is 0 Å². The van der Waals surface area contributed by atoms with Crippen LogP contribution in [-0.4, -0.2) is 10.9 Å². The molecule has 3 rings (SSSR count). The Kier molecular flexibility index (Phi) is 5.13. The fourth-order valence-corrected chi connectivity index (χ4v) is 3.11. The van der Waals surface area contributed by atoms with Crippen LogP contribution >= 0.6 is 22.9 Å². The van der Waals surface area contributed by atoms with E-state index >= 15 is 0 Å². The molecular weight excluding hydrogens is 344 g/mol. The predicted octanol–water partition coefficient (Wildman–Crippen LogP) is 4.94. The van der Waals surface area contributed by atoms with Crippen molar-refractivity contribution < 1.29 is 9.53 Å². The maximum atomic E-state index is 12.4. The molecule has 2 aromatic carbocycles. The van der Waals surface area contributed by atoms with Crippen molar-refractivity contribution in [3.63, 3.8) is 0 Å². The Balaban J connectivity index is 1.66. The van der Waals surface area contributed by atoms with E-state index < -0.39 is 0 Å². The highest BCUT2D eigenvalue weighted by Gasteiger charge is 2.15. The van der Waals surface area contributed by atoms with E-state index in [1.807, 2.05) is 37.3 Å². The Morgan fingerprint density at radius 2 is 1.88 bits per heavy atom. The van der Waals surface area contributed by atoms with Crippen molar-refractivity contribution in [3.05, 3.63) is 75.2 Å². The van der Waals surface area contributed by atoms with Gasteiger partial charge in [-0.25, -0.2) is 4.98 Å². The molecule has 24 heavy (non-hydrogen) atoms. The summed E-state index contributed by atoms with van der Waals surface area (Å²) in [6.07, 6.45) is 0. The fraction of sp³-hybridized carbons (Fsp3) is 0.111. The molecule has 6 heteroatoms. The van der Waals surface area contributed by atoms with E-state index in [0.717, 1.165) is 10.8 Å². The summed E-state index contributed by atoms with van der Waals surface area (Å²) in [5.41, 5.74) is 1.39. The lowest BCUT2D eigenvalue weighted by atomic mass is 10.3. The number of hydrogen-bond donors (Lipinski definition) is 1. The van der Waals surface area contributed by atoms with E-state index in [1.165, 1.54) is 11.3 Å². The van der Waals surface area contributed by atoms with Crippen LogP contribution in [-0.2, 0) is 6.61 Å². The molecule has 0 bridgehead atoms. The van der Waals surface area contributed by atoms with E-state index in [-0.39, 0.29) is 5.91 Å². The summed E-state index contributed by atoms with van der Waals surface area (Å²) in [6.45, 7) is 2.16. The van der Waals surface area contributed by atoms with Crippen LogP contribution in [0.3, 0.4) is 0 Å². The van der Waals surface area contributed by atoms with Gasteiger partial charge < -0.3 is 10.1 Å². The molecule has 0 saturated heterocycles. The van der Waals surface area contributed by atoms with Gasteiger partial charge in [0.2, 0.25) is 0 Å². The van der Waals surface area contributed by atoms with Crippen LogP contribution in [0.4, 0.5) is 5.69 Å². The summed E-state index contributed by atoms with van der Waals surface area (Å²) in [6, 6.07) is 16.5. The molecule has 0 fully saturated rings. The Morgan fingerprint density at radius 3 is 2.58 bits per heavy atom. The third kappa shape index (κ3) is 4.13. The quantitative estimate of drug-likeness (QED) is 0.703. The van der Waals surface area contributed by atoms with Crippen molar-refractivity contribution in [3.8, 4) is 5.75 Å². The lowest BCUT2D eigenvalue weighted by Crippen LogP contribution is -2.11. The van der Waals surface area contributed by atoms with Gasteiger partial charge in [-0.15, -0.1) is 11.3 Å². The van der Waals surface area contributed by atoms with E-state index in [4.69, 9.17) is 16.3 Å². The molecule has 1 amide bonds. The van der Waals surface area contributed by atoms with Gasteiger partial charge in [-0.2, -0.15) is 0 Å². The number of carbonyl (C=O) groups excluding carboxylic acids is 1. The molecule has 3 aromatic rings. The average Bonchev–Trinajstić information content (AvgIpc) is 2.97. The van der Waals surface area contributed by atoms with Gasteiger partial charge in [0.05, 0.1) is 5.69 Å². The minimum Gasteiger partial charge on any atom is -0.486 e. The number of nitrogens with zero attached hydrogens (tertiary/aromatic N) is 1. The van der Waals surface area contributed by atoms with Crippen molar-refractivity contribution in [1.29, 1.82) is 0 Å². The first-order valence-electron chi connectivity index (χ1n) is 7.33. The van der Waals surface area contributed by atoms with Gasteiger partial charge in [0.25, 0.3) is 5.91 Å². The highest BCUT2D eigenvalue weighted by molar-refractivity contribution is 7.13. The minimum absolute atomic E-state index is 0.182. The summed E-state index contributed by atoms with van der Waals surface area (Å²) in [5, 5.41) is 4.23. The molecule has 1 aromatic heterocycles. The molecule has 1 N–H and O–H groups in total. The van der Waals surface area contributed by atoms with Crippen LogP contribution in [0.25, 0.3) is 0 Å². The summed E-state index contributed by atoms with van der Waals surface area (Å²) >= 11 is 7.18. The first-order valence-corrected chi connectivity index (χ1v) is 8.52. The normalized spacial score (nSPS) is 10.4. The zero-order valence-electron chi connectivity index (χ0n) is 13.0. The first-order chi connectivity index (χ1) is 11.6. The molecule has 1 heterocycles. The van der Waals surface area contributed by atoms with Crippen LogP contribution in [0.1, 0.15) is 20.4 Å². The van der Waals surface area contributed by atoms with Crippen molar-refractivity contribution in [1.82, 2.24) is 4.98 Å². The van der Waals surface area contributed by atoms with E-state index in [9.17, 15) is 4.79 Å². The summed E-state index contributed by atoms with van der Waals surface area (Å²) < 4.78 is 5.67. The number of halogens is 1. The predicted molar refractivity (Wildman–Crippen MR) is 97.0 cm³/mol. The molecule has 0 spiro atoms. The third-order valence-corrected chi connectivity index (χ3v) is 4.64. The minimum atomic E-state index is -0.182. The topological polar surface area (TPSA) is 51.2 Å². The number of ether oxygens (including phenoxy) is 1. The standard InChI is InChI=1S/C18H15ClN2O2S/c1-12-17(18(22)21-14-9-7-13(19)8-10-14)24-16(20-12)11-23-15-5-3-2-4-6-15/h2-10H,11H2,1H3,(H,21,22). The Bertz CT molecular complexity index is 832. The van der Waals surface area contributed by atoms with Crippen LogP contribution in [0.15, 0.2) is 54.6 Å². The number of nitrogens with one attached hydrogen (secondary N) is 1. The Hall–Kier alpha value is -2.37. The smallest absolute Gasteiger partial charge is 0.267 e. The van der Waals surface area contributed by atoms with Crippen LogP contribution < -0.4 is 10.1 Å². The zero-order chi connectivity index (χ0) is 16.9.